The Labute approximate surface area is 99.7 Å². The van der Waals surface area contributed by atoms with E-state index in [1.54, 1.807) is 18.5 Å². The zero-order chi connectivity index (χ0) is 12.3. The van der Waals surface area contributed by atoms with Crippen LogP contribution in [-0.4, -0.2) is 41.8 Å². The average Bonchev–Trinajstić information content (AvgIpc) is 2.38. The van der Waals surface area contributed by atoms with Gasteiger partial charge in [0, 0.05) is 24.3 Å². The molecule has 0 aliphatic carbocycles. The molecule has 1 fully saturated rings. The summed E-state index contributed by atoms with van der Waals surface area (Å²) in [5, 5.41) is 11.8. The van der Waals surface area contributed by atoms with Gasteiger partial charge in [-0.1, -0.05) is 5.16 Å². The zero-order valence-corrected chi connectivity index (χ0v) is 9.71. The fourth-order valence-electron chi connectivity index (χ4n) is 1.97. The molecule has 1 aromatic rings. The molecule has 3 N–H and O–H groups in total. The van der Waals surface area contributed by atoms with Crippen molar-refractivity contribution in [1.82, 2.24) is 4.98 Å². The van der Waals surface area contributed by atoms with Crippen molar-refractivity contribution in [3.8, 4) is 0 Å². The second kappa shape index (κ2) is 5.01. The minimum Gasteiger partial charge on any atom is -0.409 e. The van der Waals surface area contributed by atoms with Crippen molar-refractivity contribution in [3.63, 3.8) is 0 Å². The summed E-state index contributed by atoms with van der Waals surface area (Å²) < 4.78 is 5.39. The van der Waals surface area contributed by atoms with E-state index in [0.717, 1.165) is 12.2 Å². The molecule has 0 aromatic carbocycles. The monoisotopic (exact) mass is 236 g/mol. The first-order valence-electron chi connectivity index (χ1n) is 5.50. The summed E-state index contributed by atoms with van der Waals surface area (Å²) in [6, 6.07) is 1.99. The van der Waals surface area contributed by atoms with Gasteiger partial charge in [0.25, 0.3) is 0 Å². The summed E-state index contributed by atoms with van der Waals surface area (Å²) in [6.45, 7) is 4.19. The van der Waals surface area contributed by atoms with E-state index in [0.29, 0.717) is 18.8 Å². The van der Waals surface area contributed by atoms with Crippen LogP contribution >= 0.6 is 0 Å². The summed E-state index contributed by atoms with van der Waals surface area (Å²) >= 11 is 0. The molecule has 1 aliphatic heterocycles. The number of hydrogen-bond donors (Lipinski definition) is 2. The molecular formula is C11H16N4O2. The van der Waals surface area contributed by atoms with Crippen molar-refractivity contribution < 1.29 is 9.94 Å². The maximum absolute atomic E-state index is 8.78. The second-order valence-electron chi connectivity index (χ2n) is 4.00. The number of rotatable bonds is 2. The maximum Gasteiger partial charge on any atom is 0.172 e. The van der Waals surface area contributed by atoms with Crippen LogP contribution in [0.15, 0.2) is 23.6 Å². The molecular weight excluding hydrogens is 220 g/mol. The molecule has 1 aliphatic rings. The van der Waals surface area contributed by atoms with Crippen LogP contribution in [0.25, 0.3) is 0 Å². The Hall–Kier alpha value is -1.82. The predicted molar refractivity (Wildman–Crippen MR) is 64.4 cm³/mol. The van der Waals surface area contributed by atoms with Gasteiger partial charge in [-0.2, -0.15) is 0 Å². The number of nitrogens with zero attached hydrogens (tertiary/aromatic N) is 3. The lowest BCUT2D eigenvalue weighted by Crippen LogP contribution is -2.44. The number of morpholine rings is 1. The van der Waals surface area contributed by atoms with Crippen LogP contribution in [-0.2, 0) is 4.74 Å². The first-order valence-corrected chi connectivity index (χ1v) is 5.50. The quantitative estimate of drug-likeness (QED) is 0.336. The topological polar surface area (TPSA) is 84.0 Å². The van der Waals surface area contributed by atoms with Crippen LogP contribution in [0, 0.1) is 0 Å². The van der Waals surface area contributed by atoms with Gasteiger partial charge in [0.2, 0.25) is 0 Å². The van der Waals surface area contributed by atoms with E-state index in [4.69, 9.17) is 15.7 Å². The van der Waals surface area contributed by atoms with Gasteiger partial charge in [-0.15, -0.1) is 0 Å². The lowest BCUT2D eigenvalue weighted by atomic mass is 10.1. The van der Waals surface area contributed by atoms with E-state index in [9.17, 15) is 0 Å². The Morgan fingerprint density at radius 2 is 2.53 bits per heavy atom. The minimum absolute atomic E-state index is 0.0982. The Kier molecular flexibility index (Phi) is 3.43. The largest absolute Gasteiger partial charge is 0.409 e. The molecule has 1 aromatic heterocycles. The van der Waals surface area contributed by atoms with Gasteiger partial charge in [-0.25, -0.2) is 0 Å². The predicted octanol–water partition coefficient (Wildman–Crippen LogP) is 0.401. The van der Waals surface area contributed by atoms with Crippen molar-refractivity contribution >= 4 is 11.5 Å². The Morgan fingerprint density at radius 3 is 3.24 bits per heavy atom. The van der Waals surface area contributed by atoms with Crippen molar-refractivity contribution in [1.29, 1.82) is 0 Å². The maximum atomic E-state index is 8.78. The number of anilines is 1. The molecule has 2 heterocycles. The SMILES string of the molecule is CC1COCCN1c1cnccc1/C(N)=N/O. The highest BCUT2D eigenvalue weighted by Gasteiger charge is 2.22. The van der Waals surface area contributed by atoms with E-state index in [1.807, 2.05) is 0 Å². The van der Waals surface area contributed by atoms with Gasteiger partial charge in [0.1, 0.15) is 0 Å². The molecule has 0 saturated carbocycles. The molecule has 92 valence electrons. The molecule has 1 atom stereocenters. The summed E-state index contributed by atoms with van der Waals surface area (Å²) in [4.78, 5) is 6.25. The highest BCUT2D eigenvalue weighted by molar-refractivity contribution is 6.02. The molecule has 0 bridgehead atoms. The lowest BCUT2D eigenvalue weighted by molar-refractivity contribution is 0.0989. The molecule has 2 rings (SSSR count). The van der Waals surface area contributed by atoms with E-state index in [2.05, 4.69) is 22.0 Å². The molecule has 17 heavy (non-hydrogen) atoms. The zero-order valence-electron chi connectivity index (χ0n) is 9.71. The first kappa shape index (κ1) is 11.7. The Morgan fingerprint density at radius 1 is 1.71 bits per heavy atom. The van der Waals surface area contributed by atoms with Crippen molar-refractivity contribution in [2.45, 2.75) is 13.0 Å². The Bertz CT molecular complexity index is 422. The molecule has 6 nitrogen and oxygen atoms in total. The average molecular weight is 236 g/mol. The third-order valence-electron chi connectivity index (χ3n) is 2.86. The highest BCUT2D eigenvalue weighted by Crippen LogP contribution is 2.22. The summed E-state index contributed by atoms with van der Waals surface area (Å²) in [7, 11) is 0. The van der Waals surface area contributed by atoms with Gasteiger partial charge < -0.3 is 20.6 Å². The summed E-state index contributed by atoms with van der Waals surface area (Å²) in [6.07, 6.45) is 3.36. The third-order valence-corrected chi connectivity index (χ3v) is 2.86. The van der Waals surface area contributed by atoms with Crippen LogP contribution in [0.2, 0.25) is 0 Å². The molecule has 6 heteroatoms. The highest BCUT2D eigenvalue weighted by atomic mass is 16.5. The number of hydrogen-bond acceptors (Lipinski definition) is 5. The Balaban J connectivity index is 2.37. The van der Waals surface area contributed by atoms with Crippen LogP contribution in [0.1, 0.15) is 12.5 Å². The van der Waals surface area contributed by atoms with E-state index >= 15 is 0 Å². The van der Waals surface area contributed by atoms with Gasteiger partial charge in [-0.3, -0.25) is 4.98 Å². The summed E-state index contributed by atoms with van der Waals surface area (Å²) in [5.74, 6) is 0.0982. The van der Waals surface area contributed by atoms with Gasteiger partial charge >= 0.3 is 0 Å². The van der Waals surface area contributed by atoms with Crippen LogP contribution in [0.5, 0.6) is 0 Å². The molecule has 0 spiro atoms. The number of nitrogens with two attached hydrogens (primary N) is 1. The fraction of sp³-hybridized carbons (Fsp3) is 0.455. The van der Waals surface area contributed by atoms with E-state index in [1.165, 1.54) is 0 Å². The van der Waals surface area contributed by atoms with E-state index < -0.39 is 0 Å². The van der Waals surface area contributed by atoms with Gasteiger partial charge in [-0.05, 0) is 13.0 Å². The normalized spacial score (nSPS) is 21.6. The number of pyridine rings is 1. The molecule has 0 amide bonds. The minimum atomic E-state index is 0.0982. The van der Waals surface area contributed by atoms with Crippen LogP contribution < -0.4 is 10.6 Å². The first-order chi connectivity index (χ1) is 8.24. The standard InChI is InChI=1S/C11H16N4O2/c1-8-7-17-5-4-15(8)10-6-13-3-2-9(10)11(12)14-16/h2-3,6,8,16H,4-5,7H2,1H3,(H2,12,14). The number of ether oxygens (including phenoxy) is 1. The lowest BCUT2D eigenvalue weighted by Gasteiger charge is -2.35. The van der Waals surface area contributed by atoms with Crippen LogP contribution in [0.4, 0.5) is 5.69 Å². The second-order valence-corrected chi connectivity index (χ2v) is 4.00. The number of amidine groups is 1. The molecule has 0 radical (unpaired) electrons. The summed E-state index contributed by atoms with van der Waals surface area (Å²) in [5.41, 5.74) is 7.23. The molecule has 1 saturated heterocycles. The van der Waals surface area contributed by atoms with E-state index in [-0.39, 0.29) is 11.9 Å². The van der Waals surface area contributed by atoms with Crippen molar-refractivity contribution in [3.05, 3.63) is 24.0 Å². The van der Waals surface area contributed by atoms with Gasteiger partial charge in [0.15, 0.2) is 5.84 Å². The number of oxime groups is 1. The fourth-order valence-corrected chi connectivity index (χ4v) is 1.97. The van der Waals surface area contributed by atoms with Gasteiger partial charge in [0.05, 0.1) is 25.1 Å². The number of aromatic nitrogens is 1. The molecule has 1 unspecified atom stereocenters. The van der Waals surface area contributed by atoms with Crippen molar-refractivity contribution in [2.24, 2.45) is 10.9 Å². The van der Waals surface area contributed by atoms with Crippen molar-refractivity contribution in [2.75, 3.05) is 24.7 Å². The smallest absolute Gasteiger partial charge is 0.172 e. The van der Waals surface area contributed by atoms with Crippen LogP contribution in [0.3, 0.4) is 0 Å². The third kappa shape index (κ3) is 2.31.